The Morgan fingerprint density at radius 2 is 1.85 bits per heavy atom. The van der Waals surface area contributed by atoms with Crippen molar-refractivity contribution in [3.05, 3.63) is 83.3 Å². The fourth-order valence-corrected chi connectivity index (χ4v) is 3.07. The van der Waals surface area contributed by atoms with Crippen LogP contribution in [0.25, 0.3) is 0 Å². The predicted octanol–water partition coefficient (Wildman–Crippen LogP) is 3.43. The lowest BCUT2D eigenvalue weighted by Crippen LogP contribution is -2.31. The van der Waals surface area contributed by atoms with Crippen LogP contribution in [0.3, 0.4) is 0 Å². The van der Waals surface area contributed by atoms with E-state index in [1.165, 1.54) is 29.3 Å². The molecular formula is C20H17FN4O. The Labute approximate surface area is 150 Å². The second-order valence-electron chi connectivity index (χ2n) is 6.18. The monoisotopic (exact) mass is 348 g/mol. The number of hydrogen-bond donors (Lipinski definition) is 1. The van der Waals surface area contributed by atoms with E-state index >= 15 is 0 Å². The highest BCUT2D eigenvalue weighted by Crippen LogP contribution is 2.22. The van der Waals surface area contributed by atoms with E-state index < -0.39 is 11.7 Å². The highest BCUT2D eigenvalue weighted by molar-refractivity contribution is 6.02. The second kappa shape index (κ2) is 6.92. The van der Waals surface area contributed by atoms with Gasteiger partial charge in [-0.25, -0.2) is 4.39 Å². The quantitative estimate of drug-likeness (QED) is 0.788. The van der Waals surface area contributed by atoms with Crippen molar-refractivity contribution >= 4 is 17.4 Å². The number of carbonyl (C=O) groups is 1. The second-order valence-corrected chi connectivity index (χ2v) is 6.18. The molecule has 1 aromatic heterocycles. The summed E-state index contributed by atoms with van der Waals surface area (Å²) in [6.45, 7) is 1.64. The molecule has 0 spiro atoms. The van der Waals surface area contributed by atoms with Gasteiger partial charge >= 0.3 is 0 Å². The number of nitrogens with one attached hydrogen (secondary N) is 1. The molecule has 1 amide bonds. The van der Waals surface area contributed by atoms with Crippen molar-refractivity contribution in [3.63, 3.8) is 0 Å². The molecule has 0 unspecified atom stereocenters. The Morgan fingerprint density at radius 1 is 1.00 bits per heavy atom. The number of carbonyl (C=O) groups excluding carboxylic acids is 1. The third-order valence-electron chi connectivity index (χ3n) is 4.42. The van der Waals surface area contributed by atoms with Gasteiger partial charge in [-0.3, -0.25) is 4.79 Å². The van der Waals surface area contributed by atoms with Gasteiger partial charge < -0.3 is 10.2 Å². The Kier molecular flexibility index (Phi) is 4.31. The summed E-state index contributed by atoms with van der Waals surface area (Å²) in [5.74, 6) is -0.0879. The number of aromatic nitrogens is 2. The Bertz CT molecular complexity index is 943. The number of fused-ring (bicyclic) bond motifs is 1. The Hall–Kier alpha value is -3.28. The summed E-state index contributed by atoms with van der Waals surface area (Å²) in [5.41, 5.74) is 3.22. The lowest BCUT2D eigenvalue weighted by atomic mass is 10.00. The van der Waals surface area contributed by atoms with E-state index in [9.17, 15) is 9.18 Å². The molecule has 3 aromatic rings. The summed E-state index contributed by atoms with van der Waals surface area (Å²) in [4.78, 5) is 14.4. The first-order valence-corrected chi connectivity index (χ1v) is 8.41. The van der Waals surface area contributed by atoms with Crippen LogP contribution in [0.1, 0.15) is 21.6 Å². The van der Waals surface area contributed by atoms with Gasteiger partial charge in [0.2, 0.25) is 0 Å². The molecule has 1 aliphatic rings. The van der Waals surface area contributed by atoms with Gasteiger partial charge in [-0.2, -0.15) is 0 Å². The number of amides is 1. The highest BCUT2D eigenvalue weighted by Gasteiger charge is 2.18. The zero-order valence-electron chi connectivity index (χ0n) is 14.0. The lowest BCUT2D eigenvalue weighted by Gasteiger charge is -2.29. The van der Waals surface area contributed by atoms with Crippen molar-refractivity contribution < 1.29 is 9.18 Å². The van der Waals surface area contributed by atoms with Gasteiger partial charge in [0, 0.05) is 18.8 Å². The fourth-order valence-electron chi connectivity index (χ4n) is 3.07. The lowest BCUT2D eigenvalue weighted by molar-refractivity contribution is 0.102. The topological polar surface area (TPSA) is 58.1 Å². The molecule has 0 radical (unpaired) electrons. The molecular weight excluding hydrogens is 331 g/mol. The van der Waals surface area contributed by atoms with Crippen LogP contribution in [0.4, 0.5) is 15.9 Å². The van der Waals surface area contributed by atoms with Crippen molar-refractivity contribution in [3.8, 4) is 0 Å². The van der Waals surface area contributed by atoms with Gasteiger partial charge in [-0.05, 0) is 47.9 Å². The molecule has 4 rings (SSSR count). The summed E-state index contributed by atoms with van der Waals surface area (Å²) in [7, 11) is 0. The minimum atomic E-state index is -0.418. The fraction of sp³-hybridized carbons (Fsp3) is 0.150. The summed E-state index contributed by atoms with van der Waals surface area (Å²) < 4.78 is 13.2. The first kappa shape index (κ1) is 16.2. The number of nitrogens with zero attached hydrogens (tertiary/aromatic N) is 3. The molecule has 0 bridgehead atoms. The normalized spacial score (nSPS) is 13.2. The van der Waals surface area contributed by atoms with Crippen molar-refractivity contribution in [2.24, 2.45) is 0 Å². The molecule has 0 fully saturated rings. The van der Waals surface area contributed by atoms with E-state index in [-0.39, 0.29) is 5.69 Å². The maximum Gasteiger partial charge on any atom is 0.276 e. The number of hydrogen-bond acceptors (Lipinski definition) is 4. The molecule has 2 heterocycles. The number of halogens is 1. The van der Waals surface area contributed by atoms with E-state index in [0.717, 1.165) is 25.3 Å². The highest BCUT2D eigenvalue weighted by atomic mass is 19.1. The minimum absolute atomic E-state index is 0.190. The molecule has 26 heavy (non-hydrogen) atoms. The smallest absolute Gasteiger partial charge is 0.276 e. The van der Waals surface area contributed by atoms with Crippen molar-refractivity contribution in [2.75, 3.05) is 16.8 Å². The maximum atomic E-state index is 13.2. The standard InChI is InChI=1S/C20H17FN4O/c21-16-6-3-7-17(12-16)22-20(26)18-8-9-19(24-23-18)25-11-10-14-4-1-2-5-15(14)13-25/h1-9,12H,10-11,13H2,(H,22,26). The molecule has 0 saturated heterocycles. The number of rotatable bonds is 3. The van der Waals surface area contributed by atoms with Gasteiger partial charge in [0.15, 0.2) is 11.5 Å². The van der Waals surface area contributed by atoms with Crippen LogP contribution < -0.4 is 10.2 Å². The molecule has 130 valence electrons. The predicted molar refractivity (Wildman–Crippen MR) is 97.6 cm³/mol. The van der Waals surface area contributed by atoms with Crippen LogP contribution in [-0.4, -0.2) is 22.6 Å². The Morgan fingerprint density at radius 3 is 2.62 bits per heavy atom. The van der Waals surface area contributed by atoms with Crippen LogP contribution in [0.15, 0.2) is 60.7 Å². The van der Waals surface area contributed by atoms with Crippen molar-refractivity contribution in [1.29, 1.82) is 0 Å². The van der Waals surface area contributed by atoms with Gasteiger partial charge in [-0.1, -0.05) is 30.3 Å². The molecule has 5 nitrogen and oxygen atoms in total. The van der Waals surface area contributed by atoms with E-state index in [1.807, 2.05) is 6.07 Å². The number of anilines is 2. The zero-order chi connectivity index (χ0) is 17.9. The van der Waals surface area contributed by atoms with Gasteiger partial charge in [0.05, 0.1) is 0 Å². The van der Waals surface area contributed by atoms with Gasteiger partial charge in [0.25, 0.3) is 5.91 Å². The van der Waals surface area contributed by atoms with E-state index in [4.69, 9.17) is 0 Å². The molecule has 1 N–H and O–H groups in total. The summed E-state index contributed by atoms with van der Waals surface area (Å²) in [6.07, 6.45) is 0.958. The van der Waals surface area contributed by atoms with Crippen LogP contribution in [-0.2, 0) is 13.0 Å². The largest absolute Gasteiger partial charge is 0.350 e. The summed E-state index contributed by atoms with van der Waals surface area (Å²) in [5, 5.41) is 10.8. The van der Waals surface area contributed by atoms with E-state index in [2.05, 4.69) is 38.6 Å². The van der Waals surface area contributed by atoms with Gasteiger partial charge in [-0.15, -0.1) is 10.2 Å². The van der Waals surface area contributed by atoms with Crippen LogP contribution in [0, 0.1) is 5.82 Å². The van der Waals surface area contributed by atoms with Crippen molar-refractivity contribution in [1.82, 2.24) is 10.2 Å². The number of benzene rings is 2. The molecule has 0 saturated carbocycles. The van der Waals surface area contributed by atoms with Gasteiger partial charge in [0.1, 0.15) is 5.82 Å². The summed E-state index contributed by atoms with van der Waals surface area (Å²) in [6, 6.07) is 17.5. The summed E-state index contributed by atoms with van der Waals surface area (Å²) >= 11 is 0. The molecule has 0 aliphatic carbocycles. The van der Waals surface area contributed by atoms with E-state index in [1.54, 1.807) is 18.2 Å². The average Bonchev–Trinajstić information content (AvgIpc) is 2.68. The third-order valence-corrected chi connectivity index (χ3v) is 4.42. The van der Waals surface area contributed by atoms with Crippen LogP contribution >= 0.6 is 0 Å². The third kappa shape index (κ3) is 3.39. The maximum absolute atomic E-state index is 13.2. The first-order chi connectivity index (χ1) is 12.7. The van der Waals surface area contributed by atoms with Crippen LogP contribution in [0.2, 0.25) is 0 Å². The molecule has 1 aliphatic heterocycles. The van der Waals surface area contributed by atoms with E-state index in [0.29, 0.717) is 5.69 Å². The van der Waals surface area contributed by atoms with Crippen LogP contribution in [0.5, 0.6) is 0 Å². The molecule has 0 atom stereocenters. The Balaban J connectivity index is 1.46. The SMILES string of the molecule is O=C(Nc1cccc(F)c1)c1ccc(N2CCc3ccccc3C2)nn1. The zero-order valence-corrected chi connectivity index (χ0v) is 14.0. The van der Waals surface area contributed by atoms with Crippen molar-refractivity contribution in [2.45, 2.75) is 13.0 Å². The molecule has 6 heteroatoms. The average molecular weight is 348 g/mol. The first-order valence-electron chi connectivity index (χ1n) is 8.41. The minimum Gasteiger partial charge on any atom is -0.350 e. The molecule has 2 aromatic carbocycles.